The van der Waals surface area contributed by atoms with E-state index >= 15 is 0 Å². The largest absolute Gasteiger partial charge is 0.343 e. The number of hydrogen-bond donors (Lipinski definition) is 0. The summed E-state index contributed by atoms with van der Waals surface area (Å²) in [5.41, 5.74) is 0. The molecule has 0 aromatic carbocycles. The van der Waals surface area contributed by atoms with Gasteiger partial charge < -0.3 is 4.90 Å². The van der Waals surface area contributed by atoms with Gasteiger partial charge in [0.1, 0.15) is 0 Å². The summed E-state index contributed by atoms with van der Waals surface area (Å²) < 4.78 is 2.00. The van der Waals surface area contributed by atoms with Gasteiger partial charge in [-0.3, -0.25) is 9.48 Å². The van der Waals surface area contributed by atoms with Gasteiger partial charge >= 0.3 is 0 Å². The monoisotopic (exact) mass is 249 g/mol. The topological polar surface area (TPSA) is 38.1 Å². The lowest BCUT2D eigenvalue weighted by atomic mass is 9.96. The SMILES string of the molecule is CCCCC(=O)N1CCC(Cn2cccn2)CC1. The van der Waals surface area contributed by atoms with E-state index in [0.717, 1.165) is 51.7 Å². The van der Waals surface area contributed by atoms with Crippen LogP contribution in [0.25, 0.3) is 0 Å². The van der Waals surface area contributed by atoms with Crippen LogP contribution in [0.4, 0.5) is 0 Å². The Labute approximate surface area is 109 Å². The van der Waals surface area contributed by atoms with Crippen LogP contribution < -0.4 is 0 Å². The zero-order chi connectivity index (χ0) is 12.8. The summed E-state index contributed by atoms with van der Waals surface area (Å²) in [6.45, 7) is 4.97. The predicted molar refractivity (Wildman–Crippen MR) is 71.1 cm³/mol. The lowest BCUT2D eigenvalue weighted by molar-refractivity contribution is -0.132. The van der Waals surface area contributed by atoms with Crippen molar-refractivity contribution < 1.29 is 4.79 Å². The molecule has 1 aliphatic heterocycles. The van der Waals surface area contributed by atoms with Crippen molar-refractivity contribution in [1.82, 2.24) is 14.7 Å². The van der Waals surface area contributed by atoms with Crippen molar-refractivity contribution in [3.8, 4) is 0 Å². The molecular formula is C14H23N3O. The Bertz CT molecular complexity index is 353. The lowest BCUT2D eigenvalue weighted by Gasteiger charge is -2.32. The van der Waals surface area contributed by atoms with E-state index in [2.05, 4.69) is 12.0 Å². The molecule has 2 rings (SSSR count). The molecule has 0 saturated carbocycles. The van der Waals surface area contributed by atoms with Crippen LogP contribution >= 0.6 is 0 Å². The Morgan fingerprint density at radius 2 is 2.17 bits per heavy atom. The maximum atomic E-state index is 11.9. The molecule has 1 saturated heterocycles. The van der Waals surface area contributed by atoms with Crippen LogP contribution in [-0.2, 0) is 11.3 Å². The van der Waals surface area contributed by atoms with Crippen molar-refractivity contribution in [2.75, 3.05) is 13.1 Å². The van der Waals surface area contributed by atoms with E-state index in [-0.39, 0.29) is 0 Å². The van der Waals surface area contributed by atoms with Crippen molar-refractivity contribution in [1.29, 1.82) is 0 Å². The van der Waals surface area contributed by atoms with Crippen molar-refractivity contribution in [2.45, 2.75) is 45.6 Å². The van der Waals surface area contributed by atoms with Gasteiger partial charge in [0.25, 0.3) is 0 Å². The second-order valence-corrected chi connectivity index (χ2v) is 5.16. The van der Waals surface area contributed by atoms with Crippen LogP contribution in [0.2, 0.25) is 0 Å². The summed E-state index contributed by atoms with van der Waals surface area (Å²) in [5.74, 6) is 1.01. The summed E-state index contributed by atoms with van der Waals surface area (Å²) in [7, 11) is 0. The maximum Gasteiger partial charge on any atom is 0.222 e. The van der Waals surface area contributed by atoms with E-state index in [1.54, 1.807) is 0 Å². The van der Waals surface area contributed by atoms with E-state index < -0.39 is 0 Å². The van der Waals surface area contributed by atoms with Crippen LogP contribution in [0.15, 0.2) is 18.5 Å². The third-order valence-corrected chi connectivity index (χ3v) is 3.72. The Hall–Kier alpha value is -1.32. The van der Waals surface area contributed by atoms with E-state index in [9.17, 15) is 4.79 Å². The average molecular weight is 249 g/mol. The van der Waals surface area contributed by atoms with Gasteiger partial charge in [-0.25, -0.2) is 0 Å². The Morgan fingerprint density at radius 3 is 2.78 bits per heavy atom. The second kappa shape index (κ2) is 6.57. The fraction of sp³-hybridized carbons (Fsp3) is 0.714. The molecule has 0 bridgehead atoms. The van der Waals surface area contributed by atoms with Crippen molar-refractivity contribution >= 4 is 5.91 Å². The van der Waals surface area contributed by atoms with Gasteiger partial charge in [-0.2, -0.15) is 5.10 Å². The number of likely N-dealkylation sites (tertiary alicyclic amines) is 1. The highest BCUT2D eigenvalue weighted by Gasteiger charge is 2.22. The molecule has 4 heteroatoms. The fourth-order valence-electron chi connectivity index (χ4n) is 2.52. The molecule has 2 heterocycles. The first-order valence-electron chi connectivity index (χ1n) is 7.04. The third-order valence-electron chi connectivity index (χ3n) is 3.72. The Balaban J connectivity index is 1.72. The number of nitrogens with zero attached hydrogens (tertiary/aromatic N) is 3. The maximum absolute atomic E-state index is 11.9. The van der Waals surface area contributed by atoms with Gasteiger partial charge in [0.2, 0.25) is 5.91 Å². The van der Waals surface area contributed by atoms with Crippen LogP contribution in [0, 0.1) is 5.92 Å². The van der Waals surface area contributed by atoms with Gasteiger partial charge in [0.05, 0.1) is 0 Å². The molecule has 4 nitrogen and oxygen atoms in total. The predicted octanol–water partition coefficient (Wildman–Crippen LogP) is 2.31. The number of hydrogen-bond acceptors (Lipinski definition) is 2. The normalized spacial score (nSPS) is 17.1. The molecule has 1 fully saturated rings. The third kappa shape index (κ3) is 3.59. The van der Waals surface area contributed by atoms with Crippen LogP contribution in [-0.4, -0.2) is 33.7 Å². The lowest BCUT2D eigenvalue weighted by Crippen LogP contribution is -2.39. The van der Waals surface area contributed by atoms with Gasteiger partial charge in [-0.05, 0) is 31.2 Å². The standard InChI is InChI=1S/C14H23N3O/c1-2-3-5-14(18)16-10-6-13(7-11-16)12-17-9-4-8-15-17/h4,8-9,13H,2-3,5-7,10-12H2,1H3. The molecule has 1 aromatic rings. The molecule has 1 amide bonds. The molecule has 100 valence electrons. The summed E-state index contributed by atoms with van der Waals surface area (Å²) >= 11 is 0. The number of piperidine rings is 1. The second-order valence-electron chi connectivity index (χ2n) is 5.16. The van der Waals surface area contributed by atoms with Gasteiger partial charge in [0, 0.05) is 38.4 Å². The van der Waals surface area contributed by atoms with Crippen molar-refractivity contribution in [3.05, 3.63) is 18.5 Å². The van der Waals surface area contributed by atoms with E-state index in [1.807, 2.05) is 28.0 Å². The Kier molecular flexibility index (Phi) is 4.79. The quantitative estimate of drug-likeness (QED) is 0.803. The molecule has 0 radical (unpaired) electrons. The molecule has 18 heavy (non-hydrogen) atoms. The number of carbonyl (C=O) groups is 1. The highest BCUT2D eigenvalue weighted by atomic mass is 16.2. The molecular weight excluding hydrogens is 226 g/mol. The number of unbranched alkanes of at least 4 members (excludes halogenated alkanes) is 1. The van der Waals surface area contributed by atoms with Crippen LogP contribution in [0.5, 0.6) is 0 Å². The first kappa shape index (κ1) is 13.1. The van der Waals surface area contributed by atoms with Gasteiger partial charge in [-0.15, -0.1) is 0 Å². The van der Waals surface area contributed by atoms with Crippen molar-refractivity contribution in [3.63, 3.8) is 0 Å². The number of rotatable bonds is 5. The molecule has 1 aliphatic rings. The molecule has 0 aliphatic carbocycles. The first-order chi connectivity index (χ1) is 8.79. The summed E-state index contributed by atoms with van der Waals surface area (Å²) in [4.78, 5) is 13.9. The first-order valence-corrected chi connectivity index (χ1v) is 7.04. The van der Waals surface area contributed by atoms with E-state index in [0.29, 0.717) is 11.8 Å². The minimum Gasteiger partial charge on any atom is -0.343 e. The van der Waals surface area contributed by atoms with Crippen LogP contribution in [0.3, 0.4) is 0 Å². The number of aromatic nitrogens is 2. The van der Waals surface area contributed by atoms with Gasteiger partial charge in [0.15, 0.2) is 0 Å². The van der Waals surface area contributed by atoms with E-state index in [1.165, 1.54) is 0 Å². The summed E-state index contributed by atoms with van der Waals surface area (Å²) in [5, 5.41) is 4.24. The average Bonchev–Trinajstić information content (AvgIpc) is 2.89. The zero-order valence-electron chi connectivity index (χ0n) is 11.2. The molecule has 0 spiro atoms. The summed E-state index contributed by atoms with van der Waals surface area (Å²) in [6, 6.07) is 1.96. The van der Waals surface area contributed by atoms with Crippen LogP contribution in [0.1, 0.15) is 39.0 Å². The van der Waals surface area contributed by atoms with Gasteiger partial charge in [-0.1, -0.05) is 13.3 Å². The number of carbonyl (C=O) groups excluding carboxylic acids is 1. The molecule has 0 atom stereocenters. The van der Waals surface area contributed by atoms with Crippen molar-refractivity contribution in [2.24, 2.45) is 5.92 Å². The molecule has 0 N–H and O–H groups in total. The minimum atomic E-state index is 0.342. The highest BCUT2D eigenvalue weighted by molar-refractivity contribution is 5.76. The Morgan fingerprint density at radius 1 is 1.39 bits per heavy atom. The molecule has 0 unspecified atom stereocenters. The summed E-state index contributed by atoms with van der Waals surface area (Å²) in [6.07, 6.45) is 8.89. The minimum absolute atomic E-state index is 0.342. The highest BCUT2D eigenvalue weighted by Crippen LogP contribution is 2.19. The molecule has 1 aromatic heterocycles. The number of amides is 1. The smallest absolute Gasteiger partial charge is 0.222 e. The zero-order valence-corrected chi connectivity index (χ0v) is 11.2. The fourth-order valence-corrected chi connectivity index (χ4v) is 2.52. The van der Waals surface area contributed by atoms with E-state index in [4.69, 9.17) is 0 Å².